The number of hydrogen-bond acceptors (Lipinski definition) is 13. The summed E-state index contributed by atoms with van der Waals surface area (Å²) >= 11 is 0. The van der Waals surface area contributed by atoms with Gasteiger partial charge >= 0.3 is 7.60 Å². The maximum absolute atomic E-state index is 11.7. The van der Waals surface area contributed by atoms with Crippen LogP contribution in [0.1, 0.15) is 33.1 Å². The first-order valence-electron chi connectivity index (χ1n) is 13.0. The van der Waals surface area contributed by atoms with Gasteiger partial charge in [0.1, 0.15) is 48.7 Å². The standard InChI is InChI=1S/C23H43N2O14P/c1-12(26)24-16-20(30)18(28)14(38-22(16)35-9-7-5-6-8-34-3)10-36-23-17(25-13(2)27)21(31)19(29)15(39-23)11-37-40(4,32)33/h14-23,28-31H,5-11H2,1-4H3,(H,24,26)(H,25,27)(H,32,33). The van der Waals surface area contributed by atoms with E-state index in [0.29, 0.717) is 13.0 Å². The maximum atomic E-state index is 11.7. The van der Waals surface area contributed by atoms with Crippen molar-refractivity contribution in [2.24, 2.45) is 0 Å². The summed E-state index contributed by atoms with van der Waals surface area (Å²) in [7, 11) is -2.34. The predicted molar refractivity (Wildman–Crippen MR) is 136 cm³/mol. The minimum Gasteiger partial charge on any atom is -0.388 e. The molecule has 0 aromatic heterocycles. The molecule has 2 rings (SSSR count). The number of methoxy groups -OCH3 is 1. The van der Waals surface area contributed by atoms with Crippen LogP contribution >= 0.6 is 7.60 Å². The monoisotopic (exact) mass is 602 g/mol. The number of carbonyl (C=O) groups excluding carboxylic acids is 2. The van der Waals surface area contributed by atoms with Crippen LogP contribution in [-0.2, 0) is 42.4 Å². The largest absolute Gasteiger partial charge is 0.388 e. The molecule has 2 heterocycles. The molecule has 7 N–H and O–H groups in total. The van der Waals surface area contributed by atoms with E-state index < -0.39 is 93.9 Å². The van der Waals surface area contributed by atoms with E-state index in [2.05, 4.69) is 10.6 Å². The Labute approximate surface area is 232 Å². The van der Waals surface area contributed by atoms with Crippen LogP contribution in [0.2, 0.25) is 0 Å². The highest BCUT2D eigenvalue weighted by Gasteiger charge is 2.49. The Bertz CT molecular complexity index is 846. The van der Waals surface area contributed by atoms with Crippen molar-refractivity contribution in [3.63, 3.8) is 0 Å². The average molecular weight is 603 g/mol. The third-order valence-electron chi connectivity index (χ3n) is 6.32. The zero-order valence-corrected chi connectivity index (χ0v) is 24.0. The van der Waals surface area contributed by atoms with Crippen LogP contribution in [0, 0.1) is 0 Å². The van der Waals surface area contributed by atoms with Gasteiger partial charge in [0.2, 0.25) is 11.8 Å². The molecule has 2 amide bonds. The number of aliphatic hydroxyl groups excluding tert-OH is 4. The van der Waals surface area contributed by atoms with Gasteiger partial charge < -0.3 is 64.2 Å². The maximum Gasteiger partial charge on any atom is 0.325 e. The second-order valence-electron chi connectivity index (χ2n) is 9.86. The number of ether oxygens (including phenoxy) is 5. The summed E-state index contributed by atoms with van der Waals surface area (Å²) in [5.74, 6) is -1.05. The lowest BCUT2D eigenvalue weighted by molar-refractivity contribution is -0.303. The molecule has 2 aliphatic rings. The fourth-order valence-electron chi connectivity index (χ4n) is 4.33. The van der Waals surface area contributed by atoms with Crippen LogP contribution < -0.4 is 10.6 Å². The van der Waals surface area contributed by atoms with Crippen molar-refractivity contribution in [3.05, 3.63) is 0 Å². The van der Waals surface area contributed by atoms with Gasteiger partial charge in [0.05, 0.1) is 13.2 Å². The third-order valence-corrected chi connectivity index (χ3v) is 6.95. The smallest absolute Gasteiger partial charge is 0.325 e. The molecule has 16 nitrogen and oxygen atoms in total. The quantitative estimate of drug-likeness (QED) is 0.0763. The number of rotatable bonds is 15. The summed E-state index contributed by atoms with van der Waals surface area (Å²) in [6.07, 6.45) is -9.10. The molecule has 234 valence electrons. The van der Waals surface area contributed by atoms with Crippen molar-refractivity contribution in [2.75, 3.05) is 40.2 Å². The summed E-state index contributed by atoms with van der Waals surface area (Å²) < 4.78 is 44.3. The fraction of sp³-hybridized carbons (Fsp3) is 0.913. The molecule has 0 aromatic rings. The van der Waals surface area contributed by atoms with Gasteiger partial charge in [0.15, 0.2) is 12.6 Å². The average Bonchev–Trinajstić information content (AvgIpc) is 2.86. The van der Waals surface area contributed by atoms with E-state index in [1.807, 2.05) is 0 Å². The van der Waals surface area contributed by atoms with Gasteiger partial charge in [-0.1, -0.05) is 0 Å². The topological polar surface area (TPSA) is 232 Å². The Morgan fingerprint density at radius 2 is 1.25 bits per heavy atom. The molecular weight excluding hydrogens is 559 g/mol. The number of carbonyl (C=O) groups is 2. The molecule has 11 atom stereocenters. The molecule has 0 aliphatic carbocycles. The summed E-state index contributed by atoms with van der Waals surface area (Å²) in [6.45, 7) is 3.16. The Kier molecular flexibility index (Phi) is 14.3. The predicted octanol–water partition coefficient (Wildman–Crippen LogP) is -2.43. The Balaban J connectivity index is 2.11. The van der Waals surface area contributed by atoms with Gasteiger partial charge in [0.25, 0.3) is 0 Å². The third kappa shape index (κ3) is 10.9. The lowest BCUT2D eigenvalue weighted by Crippen LogP contribution is -2.66. The molecule has 0 saturated carbocycles. The van der Waals surface area contributed by atoms with Gasteiger partial charge in [-0.25, -0.2) is 0 Å². The van der Waals surface area contributed by atoms with Crippen molar-refractivity contribution in [3.8, 4) is 0 Å². The number of nitrogens with one attached hydrogen (secondary N) is 2. The van der Waals surface area contributed by atoms with Crippen molar-refractivity contribution in [1.29, 1.82) is 0 Å². The summed E-state index contributed by atoms with van der Waals surface area (Å²) in [6, 6.07) is -2.36. The van der Waals surface area contributed by atoms with Crippen molar-refractivity contribution >= 4 is 19.4 Å². The first kappa shape index (κ1) is 34.9. The molecule has 11 unspecified atom stereocenters. The highest BCUT2D eigenvalue weighted by Crippen LogP contribution is 2.37. The fourth-order valence-corrected chi connectivity index (χ4v) is 4.75. The van der Waals surface area contributed by atoms with Gasteiger partial charge in [-0.05, 0) is 19.3 Å². The van der Waals surface area contributed by atoms with Crippen LogP contribution in [0.5, 0.6) is 0 Å². The number of unbranched alkanes of at least 4 members (excludes halogenated alkanes) is 2. The summed E-state index contributed by atoms with van der Waals surface area (Å²) in [5, 5.41) is 47.5. The minimum absolute atomic E-state index is 0.231. The summed E-state index contributed by atoms with van der Waals surface area (Å²) in [4.78, 5) is 32.9. The summed E-state index contributed by atoms with van der Waals surface area (Å²) in [5.41, 5.74) is 0. The number of hydrogen-bond donors (Lipinski definition) is 7. The van der Waals surface area contributed by atoms with E-state index >= 15 is 0 Å². The SMILES string of the molecule is COCCCCCOC1OC(COC2OC(COP(C)(=O)O)C(O)C(O)C2NC(C)=O)C(O)C(O)C1NC(C)=O. The molecule has 0 radical (unpaired) electrons. The number of amides is 2. The van der Waals surface area contributed by atoms with E-state index in [0.717, 1.165) is 19.5 Å². The molecule has 0 bridgehead atoms. The van der Waals surface area contributed by atoms with Gasteiger partial charge in [0, 0.05) is 40.8 Å². The molecular formula is C23H43N2O14P. The van der Waals surface area contributed by atoms with Gasteiger partial charge in [-0.15, -0.1) is 0 Å². The minimum atomic E-state index is -3.94. The van der Waals surface area contributed by atoms with Crippen molar-refractivity contribution < 1.29 is 67.7 Å². The molecule has 0 aromatic carbocycles. The van der Waals surface area contributed by atoms with Crippen LogP contribution in [0.25, 0.3) is 0 Å². The van der Waals surface area contributed by atoms with Gasteiger partial charge in [-0.3, -0.25) is 14.2 Å². The molecule has 2 aliphatic heterocycles. The van der Waals surface area contributed by atoms with E-state index in [-0.39, 0.29) is 6.61 Å². The highest BCUT2D eigenvalue weighted by atomic mass is 31.2. The first-order chi connectivity index (χ1) is 18.7. The molecule has 17 heteroatoms. The van der Waals surface area contributed by atoms with Crippen molar-refractivity contribution in [1.82, 2.24) is 10.6 Å². The van der Waals surface area contributed by atoms with Crippen molar-refractivity contribution in [2.45, 2.75) is 94.4 Å². The van der Waals surface area contributed by atoms with E-state index in [4.69, 9.17) is 28.2 Å². The van der Waals surface area contributed by atoms with E-state index in [1.54, 1.807) is 7.11 Å². The molecule has 2 saturated heterocycles. The second kappa shape index (κ2) is 16.4. The zero-order valence-electron chi connectivity index (χ0n) is 23.1. The highest BCUT2D eigenvalue weighted by molar-refractivity contribution is 7.51. The first-order valence-corrected chi connectivity index (χ1v) is 15.0. The van der Waals surface area contributed by atoms with Crippen LogP contribution in [-0.4, -0.2) is 139 Å². The van der Waals surface area contributed by atoms with Gasteiger partial charge in [-0.2, -0.15) is 0 Å². The van der Waals surface area contributed by atoms with Crippen LogP contribution in [0.15, 0.2) is 0 Å². The lowest BCUT2D eigenvalue weighted by Gasteiger charge is -2.45. The number of aliphatic hydroxyl groups is 4. The Morgan fingerprint density at radius 1 is 0.775 bits per heavy atom. The molecule has 2 fully saturated rings. The van der Waals surface area contributed by atoms with Crippen LogP contribution in [0.4, 0.5) is 0 Å². The second-order valence-corrected chi connectivity index (χ2v) is 11.7. The van der Waals surface area contributed by atoms with E-state index in [9.17, 15) is 39.5 Å². The zero-order chi connectivity index (χ0) is 30.0. The lowest BCUT2D eigenvalue weighted by atomic mass is 9.96. The normalized spacial score (nSPS) is 36.0. The Morgan fingerprint density at radius 3 is 1.73 bits per heavy atom. The molecule has 40 heavy (non-hydrogen) atoms. The molecule has 0 spiro atoms. The van der Waals surface area contributed by atoms with Crippen LogP contribution in [0.3, 0.4) is 0 Å². The van der Waals surface area contributed by atoms with E-state index in [1.165, 1.54) is 13.8 Å². The Hall–Kier alpha value is -1.27.